The first-order valence-corrected chi connectivity index (χ1v) is 5.32. The number of nitrogens with two attached hydrogens (primary N) is 1. The highest BCUT2D eigenvalue weighted by Gasteiger charge is 2.29. The van der Waals surface area contributed by atoms with Crippen LogP contribution in [0.2, 0.25) is 0 Å². The minimum Gasteiger partial charge on any atom is -0.409 e. The summed E-state index contributed by atoms with van der Waals surface area (Å²) in [5.41, 5.74) is 5.46. The third kappa shape index (κ3) is 2.59. The molecule has 0 aromatic carbocycles. The van der Waals surface area contributed by atoms with Crippen LogP contribution in [-0.4, -0.2) is 33.8 Å². The van der Waals surface area contributed by atoms with Gasteiger partial charge in [0, 0.05) is 25.2 Å². The fourth-order valence-corrected chi connectivity index (χ4v) is 1.60. The van der Waals surface area contributed by atoms with E-state index in [0.717, 1.165) is 5.82 Å². The highest BCUT2D eigenvalue weighted by molar-refractivity contribution is 5.80. The van der Waals surface area contributed by atoms with Gasteiger partial charge in [0.05, 0.1) is 0 Å². The predicted octanol–water partition coefficient (Wildman–Crippen LogP) is 0.582. The van der Waals surface area contributed by atoms with E-state index in [1.54, 1.807) is 6.20 Å². The third-order valence-corrected chi connectivity index (χ3v) is 2.58. The second kappa shape index (κ2) is 4.78. The molecule has 2 rings (SSSR count). The van der Waals surface area contributed by atoms with Gasteiger partial charge in [-0.15, -0.1) is 5.10 Å². The fourth-order valence-electron chi connectivity index (χ4n) is 1.60. The van der Waals surface area contributed by atoms with E-state index in [1.807, 2.05) is 12.1 Å². The molecule has 6 heteroatoms. The molecule has 6 nitrogen and oxygen atoms in total. The lowest BCUT2D eigenvalue weighted by Crippen LogP contribution is -2.31. The molecule has 0 spiro atoms. The summed E-state index contributed by atoms with van der Waals surface area (Å²) in [5, 5.41) is 19.4. The molecule has 3 N–H and O–H groups in total. The molecule has 1 saturated carbocycles. The van der Waals surface area contributed by atoms with Crippen molar-refractivity contribution in [3.8, 4) is 0 Å². The fraction of sp³-hybridized carbons (Fsp3) is 0.500. The van der Waals surface area contributed by atoms with Gasteiger partial charge in [-0.1, -0.05) is 5.16 Å². The van der Waals surface area contributed by atoms with Gasteiger partial charge in [-0.05, 0) is 25.0 Å². The van der Waals surface area contributed by atoms with Gasteiger partial charge in [0.15, 0.2) is 5.82 Å². The second-order valence-electron chi connectivity index (χ2n) is 3.85. The van der Waals surface area contributed by atoms with Gasteiger partial charge in [-0.3, -0.25) is 0 Å². The molecule has 0 aliphatic heterocycles. The zero-order valence-corrected chi connectivity index (χ0v) is 8.95. The molecule has 0 unspecified atom stereocenters. The van der Waals surface area contributed by atoms with Crippen molar-refractivity contribution in [1.82, 2.24) is 10.2 Å². The SMILES string of the molecule is NC(CCN(c1cccnn1)C1CC1)=NO. The largest absolute Gasteiger partial charge is 0.409 e. The van der Waals surface area contributed by atoms with Crippen molar-refractivity contribution in [1.29, 1.82) is 0 Å². The van der Waals surface area contributed by atoms with Crippen LogP contribution in [0.15, 0.2) is 23.5 Å². The highest BCUT2D eigenvalue weighted by atomic mass is 16.4. The predicted molar refractivity (Wildman–Crippen MR) is 60.4 cm³/mol. The molecule has 1 aromatic rings. The van der Waals surface area contributed by atoms with Crippen molar-refractivity contribution in [2.45, 2.75) is 25.3 Å². The Hall–Kier alpha value is -1.85. The van der Waals surface area contributed by atoms with Gasteiger partial charge in [-0.25, -0.2) is 0 Å². The van der Waals surface area contributed by atoms with Crippen molar-refractivity contribution < 1.29 is 5.21 Å². The number of anilines is 1. The monoisotopic (exact) mass is 221 g/mol. The summed E-state index contributed by atoms with van der Waals surface area (Å²) in [6.07, 6.45) is 4.53. The molecule has 86 valence electrons. The number of hydrogen-bond acceptors (Lipinski definition) is 5. The Bertz CT molecular complexity index is 363. The topological polar surface area (TPSA) is 87.6 Å². The van der Waals surface area contributed by atoms with E-state index in [9.17, 15) is 0 Å². The molecule has 0 atom stereocenters. The molecule has 1 fully saturated rings. The Labute approximate surface area is 93.8 Å². The Morgan fingerprint density at radius 2 is 2.44 bits per heavy atom. The third-order valence-electron chi connectivity index (χ3n) is 2.58. The Kier molecular flexibility index (Phi) is 3.19. The van der Waals surface area contributed by atoms with Gasteiger partial charge in [0.1, 0.15) is 5.84 Å². The summed E-state index contributed by atoms with van der Waals surface area (Å²) in [4.78, 5) is 2.16. The van der Waals surface area contributed by atoms with Crippen LogP contribution >= 0.6 is 0 Å². The first-order chi connectivity index (χ1) is 7.81. The van der Waals surface area contributed by atoms with Crippen molar-refractivity contribution in [2.75, 3.05) is 11.4 Å². The van der Waals surface area contributed by atoms with Gasteiger partial charge >= 0.3 is 0 Å². The van der Waals surface area contributed by atoms with E-state index in [1.165, 1.54) is 12.8 Å². The van der Waals surface area contributed by atoms with Crippen molar-refractivity contribution in [3.63, 3.8) is 0 Å². The van der Waals surface area contributed by atoms with Gasteiger partial charge < -0.3 is 15.8 Å². The summed E-state index contributed by atoms with van der Waals surface area (Å²) in [7, 11) is 0. The summed E-state index contributed by atoms with van der Waals surface area (Å²) < 4.78 is 0. The number of aromatic nitrogens is 2. The summed E-state index contributed by atoms with van der Waals surface area (Å²) >= 11 is 0. The van der Waals surface area contributed by atoms with E-state index in [-0.39, 0.29) is 5.84 Å². The van der Waals surface area contributed by atoms with E-state index < -0.39 is 0 Å². The first-order valence-electron chi connectivity index (χ1n) is 5.32. The maximum absolute atomic E-state index is 8.49. The summed E-state index contributed by atoms with van der Waals surface area (Å²) in [6.45, 7) is 0.708. The van der Waals surface area contributed by atoms with Crippen LogP contribution in [0.25, 0.3) is 0 Å². The molecule has 1 heterocycles. The Morgan fingerprint density at radius 3 is 3.00 bits per heavy atom. The maximum atomic E-state index is 8.49. The smallest absolute Gasteiger partial charge is 0.151 e. The van der Waals surface area contributed by atoms with Crippen molar-refractivity contribution >= 4 is 11.7 Å². The summed E-state index contributed by atoms with van der Waals surface area (Å²) in [5.74, 6) is 1.10. The molecule has 0 bridgehead atoms. The van der Waals surface area contributed by atoms with Crippen LogP contribution in [0.4, 0.5) is 5.82 Å². The van der Waals surface area contributed by atoms with Crippen LogP contribution in [0.1, 0.15) is 19.3 Å². The molecular formula is C10H15N5O. The standard InChI is InChI=1S/C10H15N5O/c11-9(14-16)5-7-15(8-3-4-8)10-2-1-6-12-13-10/h1-2,6,8,16H,3-5,7H2,(H2,11,14). The van der Waals surface area contributed by atoms with Crippen LogP contribution in [-0.2, 0) is 0 Å². The lowest BCUT2D eigenvalue weighted by Gasteiger charge is -2.22. The first kappa shape index (κ1) is 10.7. The van der Waals surface area contributed by atoms with Gasteiger partial charge in [-0.2, -0.15) is 5.10 Å². The molecular weight excluding hydrogens is 206 g/mol. The quantitative estimate of drug-likeness (QED) is 0.329. The Balaban J connectivity index is 2.01. The second-order valence-corrected chi connectivity index (χ2v) is 3.85. The van der Waals surface area contributed by atoms with Gasteiger partial charge in [0.25, 0.3) is 0 Å². The van der Waals surface area contributed by atoms with E-state index in [4.69, 9.17) is 10.9 Å². The number of rotatable bonds is 5. The average molecular weight is 221 g/mol. The zero-order chi connectivity index (χ0) is 11.4. The maximum Gasteiger partial charge on any atom is 0.151 e. The minimum absolute atomic E-state index is 0.245. The Morgan fingerprint density at radius 1 is 1.62 bits per heavy atom. The van der Waals surface area contributed by atoms with Gasteiger partial charge in [0.2, 0.25) is 0 Å². The van der Waals surface area contributed by atoms with Crippen LogP contribution in [0, 0.1) is 0 Å². The van der Waals surface area contributed by atoms with Crippen molar-refractivity contribution in [2.24, 2.45) is 10.9 Å². The van der Waals surface area contributed by atoms with Crippen LogP contribution in [0.3, 0.4) is 0 Å². The summed E-state index contributed by atoms with van der Waals surface area (Å²) in [6, 6.07) is 4.32. The number of oxime groups is 1. The number of nitrogens with zero attached hydrogens (tertiary/aromatic N) is 4. The highest BCUT2D eigenvalue weighted by Crippen LogP contribution is 2.30. The molecule has 1 aliphatic carbocycles. The average Bonchev–Trinajstić information content (AvgIpc) is 3.15. The molecule has 1 aliphatic rings. The minimum atomic E-state index is 0.245. The molecule has 0 radical (unpaired) electrons. The van der Waals surface area contributed by atoms with E-state index in [2.05, 4.69) is 20.3 Å². The zero-order valence-electron chi connectivity index (χ0n) is 8.95. The number of hydrogen-bond donors (Lipinski definition) is 2. The molecule has 16 heavy (non-hydrogen) atoms. The molecule has 1 aromatic heterocycles. The van der Waals surface area contributed by atoms with E-state index in [0.29, 0.717) is 19.0 Å². The lowest BCUT2D eigenvalue weighted by molar-refractivity contribution is 0.317. The normalized spacial score (nSPS) is 16.1. The van der Waals surface area contributed by atoms with Crippen molar-refractivity contribution in [3.05, 3.63) is 18.3 Å². The molecule has 0 saturated heterocycles. The molecule has 0 amide bonds. The van der Waals surface area contributed by atoms with Crippen LogP contribution in [0.5, 0.6) is 0 Å². The lowest BCUT2D eigenvalue weighted by atomic mass is 10.3. The van der Waals surface area contributed by atoms with E-state index >= 15 is 0 Å². The van der Waals surface area contributed by atoms with Crippen LogP contribution < -0.4 is 10.6 Å². The number of amidine groups is 1.